The molecule has 0 aliphatic carbocycles. The lowest BCUT2D eigenvalue weighted by Gasteiger charge is -2.01. The van der Waals surface area contributed by atoms with Crippen molar-refractivity contribution < 1.29 is 18.0 Å². The Morgan fingerprint density at radius 1 is 1.11 bits per heavy atom. The second kappa shape index (κ2) is 7.85. The molecule has 4 aromatic rings. The van der Waals surface area contributed by atoms with Gasteiger partial charge >= 0.3 is 0 Å². The molecule has 0 atom stereocenters. The van der Waals surface area contributed by atoms with Crippen LogP contribution in [0.25, 0.3) is 22.8 Å². The molecule has 4 heterocycles. The number of hydrogen-bond donors (Lipinski definition) is 1. The topological polar surface area (TPSA) is 118 Å². The van der Waals surface area contributed by atoms with E-state index in [-0.39, 0.29) is 23.1 Å². The lowest BCUT2D eigenvalue weighted by molar-refractivity contribution is -0.113. The van der Waals surface area contributed by atoms with E-state index in [9.17, 15) is 10.1 Å². The standard InChI is InChI=1S/C19H12N4O4S/c20-10-12-16(13-4-1-8-25-13)17(14-5-2-9-26-14)27-18(12)23-15(24)11-28-19-21-6-3-7-22-19/h1-9H,11H2,(H,23,24). The molecule has 8 nitrogen and oxygen atoms in total. The Kier molecular flexibility index (Phi) is 4.95. The molecule has 138 valence electrons. The molecule has 4 aromatic heterocycles. The van der Waals surface area contributed by atoms with Crippen molar-refractivity contribution in [3.05, 3.63) is 60.8 Å². The van der Waals surface area contributed by atoms with Crippen LogP contribution in [0.3, 0.4) is 0 Å². The third kappa shape index (κ3) is 3.54. The summed E-state index contributed by atoms with van der Waals surface area (Å²) in [5, 5.41) is 12.8. The predicted octanol–water partition coefficient (Wildman–Crippen LogP) is 4.19. The lowest BCUT2D eigenvalue weighted by Crippen LogP contribution is -2.14. The average Bonchev–Trinajstić information content (AvgIpc) is 3.47. The zero-order chi connectivity index (χ0) is 19.3. The molecule has 9 heteroatoms. The zero-order valence-electron chi connectivity index (χ0n) is 14.3. The summed E-state index contributed by atoms with van der Waals surface area (Å²) in [6, 6.07) is 10.6. The zero-order valence-corrected chi connectivity index (χ0v) is 15.1. The van der Waals surface area contributed by atoms with Crippen LogP contribution in [0.2, 0.25) is 0 Å². The van der Waals surface area contributed by atoms with Gasteiger partial charge in [0.2, 0.25) is 11.8 Å². The van der Waals surface area contributed by atoms with E-state index in [1.165, 1.54) is 24.3 Å². The summed E-state index contributed by atoms with van der Waals surface area (Å²) in [6.45, 7) is 0. The summed E-state index contributed by atoms with van der Waals surface area (Å²) in [6.07, 6.45) is 6.17. The Morgan fingerprint density at radius 3 is 2.46 bits per heavy atom. The molecule has 0 aromatic carbocycles. The first-order valence-corrected chi connectivity index (χ1v) is 9.09. The molecule has 4 rings (SSSR count). The molecular weight excluding hydrogens is 380 g/mol. The van der Waals surface area contributed by atoms with E-state index >= 15 is 0 Å². The molecule has 28 heavy (non-hydrogen) atoms. The highest BCUT2D eigenvalue weighted by molar-refractivity contribution is 7.99. The molecular formula is C19H12N4O4S. The maximum absolute atomic E-state index is 12.3. The Balaban J connectivity index is 1.63. The monoisotopic (exact) mass is 392 g/mol. The number of thioether (sulfide) groups is 1. The highest BCUT2D eigenvalue weighted by atomic mass is 32.2. The van der Waals surface area contributed by atoms with Crippen LogP contribution < -0.4 is 5.32 Å². The minimum absolute atomic E-state index is 0.0277. The summed E-state index contributed by atoms with van der Waals surface area (Å²) in [5.74, 6) is 0.863. The van der Waals surface area contributed by atoms with Gasteiger partial charge in [0.15, 0.2) is 16.7 Å². The van der Waals surface area contributed by atoms with Crippen molar-refractivity contribution in [3.63, 3.8) is 0 Å². The fourth-order valence-electron chi connectivity index (χ4n) is 2.52. The molecule has 1 amide bonds. The minimum atomic E-state index is -0.361. The van der Waals surface area contributed by atoms with Gasteiger partial charge in [-0.05, 0) is 30.3 Å². The van der Waals surface area contributed by atoms with Gasteiger partial charge in [0.25, 0.3) is 0 Å². The number of furan rings is 3. The van der Waals surface area contributed by atoms with Gasteiger partial charge in [-0.1, -0.05) is 11.8 Å². The number of nitriles is 1. The second-order valence-electron chi connectivity index (χ2n) is 5.44. The largest absolute Gasteiger partial charge is 0.464 e. The van der Waals surface area contributed by atoms with Crippen LogP contribution >= 0.6 is 11.8 Å². The fourth-order valence-corrected chi connectivity index (χ4v) is 3.12. The van der Waals surface area contributed by atoms with Crippen LogP contribution in [0.1, 0.15) is 5.56 Å². The van der Waals surface area contributed by atoms with Crippen LogP contribution in [0.15, 0.2) is 73.7 Å². The molecule has 0 unspecified atom stereocenters. The van der Waals surface area contributed by atoms with Gasteiger partial charge in [-0.25, -0.2) is 9.97 Å². The van der Waals surface area contributed by atoms with Gasteiger partial charge < -0.3 is 13.3 Å². The maximum Gasteiger partial charge on any atom is 0.237 e. The third-order valence-electron chi connectivity index (χ3n) is 3.66. The van der Waals surface area contributed by atoms with Crippen LogP contribution in [0.4, 0.5) is 5.88 Å². The van der Waals surface area contributed by atoms with E-state index in [1.54, 1.807) is 42.7 Å². The molecule has 0 radical (unpaired) electrons. The van der Waals surface area contributed by atoms with Crippen LogP contribution in [-0.4, -0.2) is 21.6 Å². The maximum atomic E-state index is 12.3. The van der Waals surface area contributed by atoms with Gasteiger partial charge in [0.1, 0.15) is 17.4 Å². The number of amides is 1. The first kappa shape index (κ1) is 17.6. The smallest absolute Gasteiger partial charge is 0.237 e. The quantitative estimate of drug-likeness (QED) is 0.383. The number of nitrogens with one attached hydrogen (secondary N) is 1. The Bertz CT molecular complexity index is 1110. The van der Waals surface area contributed by atoms with Crippen molar-refractivity contribution in [1.29, 1.82) is 5.26 Å². The normalized spacial score (nSPS) is 10.5. The SMILES string of the molecule is N#Cc1c(NC(=O)CSc2ncccn2)oc(-c2ccco2)c1-c1ccco1. The third-order valence-corrected chi connectivity index (χ3v) is 4.54. The lowest BCUT2D eigenvalue weighted by atomic mass is 10.1. The average molecular weight is 392 g/mol. The Labute approximate surface area is 163 Å². The van der Waals surface area contributed by atoms with E-state index in [4.69, 9.17) is 13.3 Å². The highest BCUT2D eigenvalue weighted by Crippen LogP contribution is 2.41. The number of hydrogen-bond acceptors (Lipinski definition) is 8. The van der Waals surface area contributed by atoms with Gasteiger partial charge in [-0.15, -0.1) is 0 Å². The number of rotatable bonds is 6. The summed E-state index contributed by atoms with van der Waals surface area (Å²) in [5.41, 5.74) is 0.562. The van der Waals surface area contributed by atoms with E-state index in [0.29, 0.717) is 28.0 Å². The molecule has 0 saturated heterocycles. The summed E-state index contributed by atoms with van der Waals surface area (Å²) in [4.78, 5) is 20.4. The van der Waals surface area contributed by atoms with Gasteiger partial charge in [-0.3, -0.25) is 10.1 Å². The molecule has 0 aliphatic rings. The number of aromatic nitrogens is 2. The molecule has 1 N–H and O–H groups in total. The summed E-state index contributed by atoms with van der Waals surface area (Å²) >= 11 is 1.17. The first-order chi connectivity index (χ1) is 13.8. The van der Waals surface area contributed by atoms with E-state index < -0.39 is 0 Å². The van der Waals surface area contributed by atoms with Gasteiger partial charge in [0, 0.05) is 12.4 Å². The number of anilines is 1. The highest BCUT2D eigenvalue weighted by Gasteiger charge is 2.27. The van der Waals surface area contributed by atoms with Gasteiger partial charge in [0.05, 0.1) is 23.8 Å². The fraction of sp³-hybridized carbons (Fsp3) is 0.0526. The van der Waals surface area contributed by atoms with Crippen LogP contribution in [0, 0.1) is 11.3 Å². The summed E-state index contributed by atoms with van der Waals surface area (Å²) in [7, 11) is 0. The Hall–Kier alpha value is -3.77. The van der Waals surface area contributed by atoms with E-state index in [1.807, 2.05) is 0 Å². The molecule has 0 bridgehead atoms. The van der Waals surface area contributed by atoms with Crippen molar-refractivity contribution in [3.8, 4) is 28.9 Å². The van der Waals surface area contributed by atoms with Gasteiger partial charge in [-0.2, -0.15) is 5.26 Å². The molecule has 0 aliphatic heterocycles. The minimum Gasteiger partial charge on any atom is -0.464 e. The number of nitrogens with zero attached hydrogens (tertiary/aromatic N) is 3. The van der Waals surface area contributed by atoms with Crippen molar-refractivity contribution in [2.24, 2.45) is 0 Å². The van der Waals surface area contributed by atoms with E-state index in [0.717, 1.165) is 0 Å². The van der Waals surface area contributed by atoms with Crippen molar-refractivity contribution in [1.82, 2.24) is 9.97 Å². The van der Waals surface area contributed by atoms with E-state index in [2.05, 4.69) is 21.4 Å². The second-order valence-corrected chi connectivity index (χ2v) is 6.39. The molecule has 0 spiro atoms. The van der Waals surface area contributed by atoms with Crippen LogP contribution in [-0.2, 0) is 4.79 Å². The molecule has 0 fully saturated rings. The van der Waals surface area contributed by atoms with Crippen LogP contribution in [0.5, 0.6) is 0 Å². The van der Waals surface area contributed by atoms with Crippen molar-refractivity contribution in [2.45, 2.75) is 5.16 Å². The summed E-state index contributed by atoms with van der Waals surface area (Å²) < 4.78 is 16.6. The predicted molar refractivity (Wildman–Crippen MR) is 100 cm³/mol. The number of carbonyl (C=O) groups excluding carboxylic acids is 1. The van der Waals surface area contributed by atoms with Crippen molar-refractivity contribution in [2.75, 3.05) is 11.1 Å². The first-order valence-electron chi connectivity index (χ1n) is 8.10. The molecule has 0 saturated carbocycles. The number of carbonyl (C=O) groups is 1. The Morgan fingerprint density at radius 2 is 1.82 bits per heavy atom. The van der Waals surface area contributed by atoms with Crippen molar-refractivity contribution >= 4 is 23.6 Å².